The number of ether oxygens (including phenoxy) is 1. The highest BCUT2D eigenvalue weighted by molar-refractivity contribution is 5.57. The molecule has 0 saturated carbocycles. The SMILES string of the molecule is CCOC=Nc1ccc2nnc(-c3ncc([N+](=O)[O-])n3C)n2n1. The molecule has 118 valence electrons. The van der Waals surface area contributed by atoms with E-state index in [0.717, 1.165) is 6.20 Å². The Morgan fingerprint density at radius 2 is 2.22 bits per heavy atom. The van der Waals surface area contributed by atoms with Crippen molar-refractivity contribution < 1.29 is 9.66 Å². The fourth-order valence-electron chi connectivity index (χ4n) is 1.93. The third-order valence-electron chi connectivity index (χ3n) is 3.03. The molecule has 11 heteroatoms. The Balaban J connectivity index is 2.08. The predicted molar refractivity (Wildman–Crippen MR) is 79.4 cm³/mol. The van der Waals surface area contributed by atoms with Crippen molar-refractivity contribution >= 4 is 23.7 Å². The average Bonchev–Trinajstić information content (AvgIpc) is 3.10. The van der Waals surface area contributed by atoms with Crippen LogP contribution in [0.15, 0.2) is 23.3 Å². The molecular weight excluding hydrogens is 304 g/mol. The molecule has 0 atom stereocenters. The first-order chi connectivity index (χ1) is 11.1. The number of nitro groups is 1. The van der Waals surface area contributed by atoms with Crippen LogP contribution in [0.3, 0.4) is 0 Å². The summed E-state index contributed by atoms with van der Waals surface area (Å²) in [6.07, 6.45) is 2.46. The molecule has 0 radical (unpaired) electrons. The first-order valence-electron chi connectivity index (χ1n) is 6.65. The van der Waals surface area contributed by atoms with Crippen molar-refractivity contribution in [2.75, 3.05) is 6.61 Å². The van der Waals surface area contributed by atoms with Crippen LogP contribution in [0.1, 0.15) is 6.92 Å². The van der Waals surface area contributed by atoms with E-state index in [4.69, 9.17) is 4.74 Å². The van der Waals surface area contributed by atoms with E-state index in [1.165, 1.54) is 22.5 Å². The Morgan fingerprint density at radius 1 is 1.39 bits per heavy atom. The van der Waals surface area contributed by atoms with Crippen LogP contribution in [0.2, 0.25) is 0 Å². The quantitative estimate of drug-likeness (QED) is 0.299. The smallest absolute Gasteiger partial charge is 0.343 e. The first kappa shape index (κ1) is 14.6. The number of hydrogen-bond donors (Lipinski definition) is 0. The minimum absolute atomic E-state index is 0.151. The van der Waals surface area contributed by atoms with Crippen molar-refractivity contribution in [1.82, 2.24) is 29.4 Å². The molecule has 23 heavy (non-hydrogen) atoms. The second-order valence-electron chi connectivity index (χ2n) is 4.43. The van der Waals surface area contributed by atoms with E-state index in [1.807, 2.05) is 6.92 Å². The van der Waals surface area contributed by atoms with Crippen LogP contribution in [-0.2, 0) is 11.8 Å². The number of imidazole rings is 1. The molecule has 3 aromatic heterocycles. The van der Waals surface area contributed by atoms with Gasteiger partial charge in [-0.1, -0.05) is 0 Å². The summed E-state index contributed by atoms with van der Waals surface area (Å²) in [6, 6.07) is 3.34. The Hall–Kier alpha value is -3.37. The lowest BCUT2D eigenvalue weighted by molar-refractivity contribution is -0.391. The molecule has 0 aliphatic heterocycles. The Morgan fingerprint density at radius 3 is 2.91 bits per heavy atom. The zero-order valence-electron chi connectivity index (χ0n) is 12.3. The lowest BCUT2D eigenvalue weighted by Crippen LogP contribution is -2.02. The lowest BCUT2D eigenvalue weighted by atomic mass is 10.5. The van der Waals surface area contributed by atoms with Gasteiger partial charge in [-0.2, -0.15) is 9.51 Å². The van der Waals surface area contributed by atoms with Gasteiger partial charge in [0, 0.05) is 0 Å². The number of aromatic nitrogens is 6. The van der Waals surface area contributed by atoms with Gasteiger partial charge in [0.05, 0.1) is 13.7 Å². The van der Waals surface area contributed by atoms with Crippen molar-refractivity contribution in [1.29, 1.82) is 0 Å². The molecule has 3 aromatic rings. The Labute approximate surface area is 129 Å². The summed E-state index contributed by atoms with van der Waals surface area (Å²) in [5.41, 5.74) is 0.473. The van der Waals surface area contributed by atoms with Gasteiger partial charge in [0.25, 0.3) is 5.82 Å². The highest BCUT2D eigenvalue weighted by Gasteiger charge is 2.23. The highest BCUT2D eigenvalue weighted by Crippen LogP contribution is 2.21. The molecule has 0 aromatic carbocycles. The molecule has 0 bridgehead atoms. The molecule has 3 heterocycles. The van der Waals surface area contributed by atoms with E-state index in [2.05, 4.69) is 25.3 Å². The monoisotopic (exact) mass is 316 g/mol. The normalized spacial score (nSPS) is 11.4. The number of fused-ring (bicyclic) bond motifs is 1. The second kappa shape index (κ2) is 5.79. The molecule has 0 fully saturated rings. The fourth-order valence-corrected chi connectivity index (χ4v) is 1.93. The van der Waals surface area contributed by atoms with Crippen molar-refractivity contribution in [2.45, 2.75) is 6.92 Å². The van der Waals surface area contributed by atoms with Crippen LogP contribution in [0.5, 0.6) is 0 Å². The van der Waals surface area contributed by atoms with Gasteiger partial charge in [-0.05, 0) is 24.0 Å². The van der Waals surface area contributed by atoms with E-state index < -0.39 is 4.92 Å². The summed E-state index contributed by atoms with van der Waals surface area (Å²) in [6.45, 7) is 2.34. The number of rotatable bonds is 5. The van der Waals surface area contributed by atoms with Gasteiger partial charge in [0.2, 0.25) is 5.82 Å². The van der Waals surface area contributed by atoms with Crippen LogP contribution < -0.4 is 0 Å². The van der Waals surface area contributed by atoms with Crippen LogP contribution >= 0.6 is 0 Å². The van der Waals surface area contributed by atoms with Gasteiger partial charge in [0.1, 0.15) is 6.20 Å². The van der Waals surface area contributed by atoms with Crippen molar-refractivity contribution in [3.05, 3.63) is 28.4 Å². The van der Waals surface area contributed by atoms with E-state index in [0.29, 0.717) is 18.1 Å². The average molecular weight is 316 g/mol. The van der Waals surface area contributed by atoms with Gasteiger partial charge in [-0.15, -0.1) is 15.3 Å². The molecule has 3 rings (SSSR count). The third kappa shape index (κ3) is 2.59. The molecule has 0 N–H and O–H groups in total. The highest BCUT2D eigenvalue weighted by atomic mass is 16.6. The van der Waals surface area contributed by atoms with Gasteiger partial charge < -0.3 is 14.9 Å². The zero-order chi connectivity index (χ0) is 16.4. The molecule has 0 aliphatic rings. The van der Waals surface area contributed by atoms with Crippen molar-refractivity contribution in [3.8, 4) is 11.6 Å². The van der Waals surface area contributed by atoms with Crippen molar-refractivity contribution in [2.24, 2.45) is 12.0 Å². The summed E-state index contributed by atoms with van der Waals surface area (Å²) >= 11 is 0. The molecule has 0 saturated heterocycles. The molecule has 0 amide bonds. The second-order valence-corrected chi connectivity index (χ2v) is 4.43. The van der Waals surface area contributed by atoms with Crippen LogP contribution in [-0.4, -0.2) is 47.3 Å². The maximum absolute atomic E-state index is 10.9. The standard InChI is InChI=1S/C12H12N8O3/c1-3-23-7-14-8-4-5-9-15-16-12(19(9)17-8)11-13-6-10(18(11)2)20(21)22/h4-7H,3H2,1-2H3. The molecule has 0 unspecified atom stereocenters. The van der Waals surface area contributed by atoms with E-state index >= 15 is 0 Å². The molecular formula is C12H12N8O3. The molecule has 0 spiro atoms. The van der Waals surface area contributed by atoms with Gasteiger partial charge in [0.15, 0.2) is 17.9 Å². The fraction of sp³-hybridized carbons (Fsp3) is 0.250. The van der Waals surface area contributed by atoms with E-state index in [-0.39, 0.29) is 17.5 Å². The lowest BCUT2D eigenvalue weighted by Gasteiger charge is -1.99. The Kier molecular flexibility index (Phi) is 3.66. The van der Waals surface area contributed by atoms with Crippen LogP contribution in [0.4, 0.5) is 11.6 Å². The summed E-state index contributed by atoms with van der Waals surface area (Å²) in [5, 5.41) is 23.2. The maximum Gasteiger partial charge on any atom is 0.343 e. The maximum atomic E-state index is 10.9. The van der Waals surface area contributed by atoms with E-state index in [9.17, 15) is 10.1 Å². The summed E-state index contributed by atoms with van der Waals surface area (Å²) in [7, 11) is 1.53. The van der Waals surface area contributed by atoms with Crippen molar-refractivity contribution in [3.63, 3.8) is 0 Å². The van der Waals surface area contributed by atoms with Gasteiger partial charge in [-0.25, -0.2) is 9.55 Å². The van der Waals surface area contributed by atoms with Crippen LogP contribution in [0.25, 0.3) is 17.3 Å². The summed E-state index contributed by atoms with van der Waals surface area (Å²) in [5.74, 6) is 0.796. The minimum atomic E-state index is -0.523. The number of aliphatic imine (C=N–C) groups is 1. The third-order valence-corrected chi connectivity index (χ3v) is 3.03. The van der Waals surface area contributed by atoms with E-state index in [1.54, 1.807) is 12.1 Å². The minimum Gasteiger partial charge on any atom is -0.483 e. The molecule has 0 aliphatic carbocycles. The zero-order valence-corrected chi connectivity index (χ0v) is 12.3. The Bertz CT molecular complexity index is 897. The van der Waals surface area contributed by atoms with Gasteiger partial charge >= 0.3 is 5.82 Å². The van der Waals surface area contributed by atoms with Crippen LogP contribution in [0, 0.1) is 10.1 Å². The summed E-state index contributed by atoms with van der Waals surface area (Å²) in [4.78, 5) is 18.5. The largest absolute Gasteiger partial charge is 0.483 e. The first-order valence-corrected chi connectivity index (χ1v) is 6.65. The number of hydrogen-bond acceptors (Lipinski definition) is 8. The topological polar surface area (TPSA) is 126 Å². The van der Waals surface area contributed by atoms with Gasteiger partial charge in [-0.3, -0.25) is 0 Å². The summed E-state index contributed by atoms with van der Waals surface area (Å²) < 4.78 is 7.77. The molecule has 11 nitrogen and oxygen atoms in total. The predicted octanol–water partition coefficient (Wildman–Crippen LogP) is 1.13. The number of nitrogens with zero attached hydrogens (tertiary/aromatic N) is 8.